The summed E-state index contributed by atoms with van der Waals surface area (Å²) in [6.45, 7) is 2.30. The molecule has 3 heterocycles. The highest BCUT2D eigenvalue weighted by atomic mass is 32.2. The third-order valence-corrected chi connectivity index (χ3v) is 8.55. The molecule has 0 aliphatic carbocycles. The van der Waals surface area contributed by atoms with Crippen molar-refractivity contribution < 1.29 is 31.1 Å². The number of alkyl halides is 3. The molecule has 38 heavy (non-hydrogen) atoms. The van der Waals surface area contributed by atoms with E-state index in [9.17, 15) is 26.4 Å². The molecule has 5 rings (SSSR count). The fraction of sp³-hybridized carbons (Fsp3) is 0.280. The summed E-state index contributed by atoms with van der Waals surface area (Å²) in [5.74, 6) is -0.789. The van der Waals surface area contributed by atoms with Gasteiger partial charge in [-0.05, 0) is 49.7 Å². The van der Waals surface area contributed by atoms with Crippen LogP contribution in [0.2, 0.25) is 0 Å². The maximum atomic E-state index is 13.4. The number of rotatable bonds is 6. The largest absolute Gasteiger partial charge is 0.573 e. The Balaban J connectivity index is 1.34. The number of carbonyl (C=O) groups is 1. The molecule has 200 valence electrons. The van der Waals surface area contributed by atoms with Crippen molar-refractivity contribution in [3.8, 4) is 5.75 Å². The molecule has 0 bridgehead atoms. The van der Waals surface area contributed by atoms with Crippen molar-refractivity contribution in [1.29, 1.82) is 0 Å². The van der Waals surface area contributed by atoms with E-state index >= 15 is 0 Å². The lowest BCUT2D eigenvalue weighted by atomic mass is 10.2. The second kappa shape index (κ2) is 9.39. The summed E-state index contributed by atoms with van der Waals surface area (Å²) in [4.78, 5) is 15.0. The van der Waals surface area contributed by atoms with Crippen molar-refractivity contribution >= 4 is 32.3 Å². The van der Waals surface area contributed by atoms with E-state index in [1.54, 1.807) is 31.0 Å². The zero-order chi connectivity index (χ0) is 27.2. The number of sulfone groups is 1. The van der Waals surface area contributed by atoms with Crippen molar-refractivity contribution in [2.45, 2.75) is 35.5 Å². The van der Waals surface area contributed by atoms with Crippen LogP contribution in [0.1, 0.15) is 22.6 Å². The van der Waals surface area contributed by atoms with Gasteiger partial charge in [0, 0.05) is 37.3 Å². The van der Waals surface area contributed by atoms with Gasteiger partial charge in [0.2, 0.25) is 9.84 Å². The average Bonchev–Trinajstić information content (AvgIpc) is 3.58. The van der Waals surface area contributed by atoms with Gasteiger partial charge in [-0.25, -0.2) is 8.42 Å². The highest BCUT2D eigenvalue weighted by Gasteiger charge is 2.34. The normalized spacial score (nSPS) is 16.2. The number of nitrogens with zero attached hydrogens (tertiary/aromatic N) is 3. The monoisotopic (exact) mass is 547 g/mol. The highest BCUT2D eigenvalue weighted by molar-refractivity contribution is 7.91. The van der Waals surface area contributed by atoms with Gasteiger partial charge in [-0.1, -0.05) is 12.1 Å². The average molecular weight is 548 g/mol. The Morgan fingerprint density at radius 2 is 1.95 bits per heavy atom. The maximum Gasteiger partial charge on any atom is 0.573 e. The lowest BCUT2D eigenvalue weighted by Gasteiger charge is -2.22. The molecule has 2 aromatic heterocycles. The van der Waals surface area contributed by atoms with Crippen LogP contribution in [0.3, 0.4) is 0 Å². The third kappa shape index (κ3) is 4.80. The number of ether oxygens (including phenoxy) is 1. The van der Waals surface area contributed by atoms with E-state index in [1.165, 1.54) is 47.2 Å². The quantitative estimate of drug-likeness (QED) is 0.379. The summed E-state index contributed by atoms with van der Waals surface area (Å²) in [5.41, 5.74) is 1.53. The number of para-hydroxylation sites is 2. The number of H-pyrrole nitrogens is 1. The van der Waals surface area contributed by atoms with Crippen LogP contribution < -0.4 is 15.0 Å². The summed E-state index contributed by atoms with van der Waals surface area (Å²) >= 11 is 0. The molecule has 1 atom stereocenters. The number of aromatic nitrogens is 3. The Kier molecular flexibility index (Phi) is 6.33. The molecule has 0 spiro atoms. The van der Waals surface area contributed by atoms with Gasteiger partial charge in [-0.15, -0.1) is 13.2 Å². The lowest BCUT2D eigenvalue weighted by molar-refractivity contribution is -0.274. The third-order valence-electron chi connectivity index (χ3n) is 6.69. The molecule has 0 saturated carbocycles. The molecule has 0 radical (unpaired) electrons. The maximum absolute atomic E-state index is 13.4. The van der Waals surface area contributed by atoms with E-state index < -0.39 is 22.1 Å². The van der Waals surface area contributed by atoms with Gasteiger partial charge in [-0.2, -0.15) is 5.10 Å². The van der Waals surface area contributed by atoms with Crippen LogP contribution in [0.25, 0.3) is 10.9 Å². The number of amides is 1. The first-order valence-corrected chi connectivity index (χ1v) is 13.2. The molecule has 1 aliphatic rings. The predicted molar refractivity (Wildman–Crippen MR) is 133 cm³/mol. The molecular formula is C25H24F3N5O4S. The molecular weight excluding hydrogens is 523 g/mol. The van der Waals surface area contributed by atoms with Gasteiger partial charge in [0.05, 0.1) is 27.2 Å². The number of hydrogen-bond acceptors (Lipinski definition) is 6. The van der Waals surface area contributed by atoms with Gasteiger partial charge in [-0.3, -0.25) is 9.89 Å². The van der Waals surface area contributed by atoms with Crippen LogP contribution in [0.15, 0.2) is 64.5 Å². The molecule has 2 N–H and O–H groups in total. The minimum absolute atomic E-state index is 0.0132. The van der Waals surface area contributed by atoms with E-state index in [0.29, 0.717) is 29.6 Å². The highest BCUT2D eigenvalue weighted by Crippen LogP contribution is 2.34. The number of benzene rings is 2. The lowest BCUT2D eigenvalue weighted by Crippen LogP contribution is -2.38. The van der Waals surface area contributed by atoms with Crippen LogP contribution in [0, 0.1) is 6.92 Å². The van der Waals surface area contributed by atoms with Crippen LogP contribution in [-0.2, 0) is 16.9 Å². The van der Waals surface area contributed by atoms with Gasteiger partial charge in [0.25, 0.3) is 5.91 Å². The zero-order valence-electron chi connectivity index (χ0n) is 20.4. The van der Waals surface area contributed by atoms with Gasteiger partial charge >= 0.3 is 6.36 Å². The Morgan fingerprint density at radius 3 is 2.71 bits per heavy atom. The fourth-order valence-corrected chi connectivity index (χ4v) is 6.24. The standard InChI is InChI=1S/C25H24F3N5O4S/c1-15-23(38(35,36)18-7-8-19-16(11-18)13-29-31-19)12-21(32(15)2)24(34)30-17-9-10-33(14-17)20-5-3-4-6-22(20)37-25(26,27)28/h3-8,11-13,17H,9-10,14H2,1-2H3,(H,29,31)(H,30,34)/t17-/m1/s1. The zero-order valence-corrected chi connectivity index (χ0v) is 21.2. The summed E-state index contributed by atoms with van der Waals surface area (Å²) in [6, 6.07) is 11.5. The van der Waals surface area contributed by atoms with Crippen molar-refractivity contribution in [3.63, 3.8) is 0 Å². The van der Waals surface area contributed by atoms with Gasteiger partial charge < -0.3 is 19.5 Å². The molecule has 2 aromatic carbocycles. The first-order chi connectivity index (χ1) is 17.9. The molecule has 4 aromatic rings. The molecule has 1 saturated heterocycles. The minimum atomic E-state index is -4.82. The molecule has 1 aliphatic heterocycles. The van der Waals surface area contributed by atoms with Crippen LogP contribution in [0.5, 0.6) is 5.75 Å². The number of nitrogens with one attached hydrogen (secondary N) is 2. The van der Waals surface area contributed by atoms with Crippen LogP contribution in [-0.4, -0.2) is 54.6 Å². The van der Waals surface area contributed by atoms with E-state index in [4.69, 9.17) is 0 Å². The second-order valence-electron chi connectivity index (χ2n) is 9.08. The van der Waals surface area contributed by atoms with Gasteiger partial charge in [0.15, 0.2) is 5.75 Å². The SMILES string of the molecule is Cc1c(S(=O)(=O)c2ccc3[nH]ncc3c2)cc(C(=O)N[C@@H]2CCN(c3ccccc3OC(F)(F)F)C2)n1C. The molecule has 13 heteroatoms. The summed E-state index contributed by atoms with van der Waals surface area (Å²) in [6.07, 6.45) is -2.80. The Bertz CT molecular complexity index is 1630. The molecule has 1 amide bonds. The van der Waals surface area contributed by atoms with Gasteiger partial charge in [0.1, 0.15) is 5.69 Å². The Hall–Kier alpha value is -4.00. The van der Waals surface area contributed by atoms with Crippen molar-refractivity contribution in [3.05, 3.63) is 66.1 Å². The topological polar surface area (TPSA) is 109 Å². The second-order valence-corrected chi connectivity index (χ2v) is 11.0. The predicted octanol–water partition coefficient (Wildman–Crippen LogP) is 3.95. The number of anilines is 1. The number of carbonyl (C=O) groups excluding carboxylic acids is 1. The fourth-order valence-electron chi connectivity index (χ4n) is 4.66. The van der Waals surface area contributed by atoms with Crippen molar-refractivity contribution in [2.75, 3.05) is 18.0 Å². The van der Waals surface area contributed by atoms with E-state index in [-0.39, 0.29) is 39.5 Å². The summed E-state index contributed by atoms with van der Waals surface area (Å²) in [5, 5.41) is 10.2. The summed E-state index contributed by atoms with van der Waals surface area (Å²) < 4.78 is 70.9. The molecule has 9 nitrogen and oxygen atoms in total. The van der Waals surface area contributed by atoms with Crippen molar-refractivity contribution in [2.24, 2.45) is 7.05 Å². The Morgan fingerprint density at radius 1 is 1.18 bits per heavy atom. The molecule has 1 fully saturated rings. The van der Waals surface area contributed by atoms with Crippen molar-refractivity contribution in [1.82, 2.24) is 20.1 Å². The first-order valence-electron chi connectivity index (χ1n) is 11.7. The van der Waals surface area contributed by atoms with Crippen LogP contribution in [0.4, 0.5) is 18.9 Å². The minimum Gasteiger partial charge on any atom is -0.404 e. The Labute approximate surface area is 216 Å². The number of fused-ring (bicyclic) bond motifs is 1. The van der Waals surface area contributed by atoms with Crippen LogP contribution >= 0.6 is 0 Å². The summed E-state index contributed by atoms with van der Waals surface area (Å²) in [7, 11) is -2.32. The van der Waals surface area contributed by atoms with E-state index in [1.807, 2.05) is 0 Å². The first kappa shape index (κ1) is 25.6. The van der Waals surface area contributed by atoms with E-state index in [0.717, 1.165) is 0 Å². The smallest absolute Gasteiger partial charge is 0.404 e. The number of aromatic amines is 1. The number of hydrogen-bond donors (Lipinski definition) is 2. The number of halogens is 3. The van der Waals surface area contributed by atoms with E-state index in [2.05, 4.69) is 20.3 Å². The molecule has 0 unspecified atom stereocenters.